The zero-order chi connectivity index (χ0) is 22.7. The van der Waals surface area contributed by atoms with E-state index < -0.39 is 46.0 Å². The van der Waals surface area contributed by atoms with Crippen LogP contribution in [0.1, 0.15) is 12.5 Å². The minimum Gasteiger partial charge on any atom is -0.450 e. The van der Waals surface area contributed by atoms with Crippen LogP contribution in [0.4, 0.5) is 23.7 Å². The predicted octanol–water partition coefficient (Wildman–Crippen LogP) is 2.43. The number of piperazine rings is 1. The van der Waals surface area contributed by atoms with Gasteiger partial charge in [-0.05, 0) is 25.1 Å². The summed E-state index contributed by atoms with van der Waals surface area (Å²) in [6.45, 7) is 1.79. The molecule has 1 fully saturated rings. The Hall–Kier alpha value is -2.21. The molecule has 0 aliphatic carbocycles. The van der Waals surface area contributed by atoms with Crippen molar-refractivity contribution in [2.75, 3.05) is 49.9 Å². The Bertz CT molecular complexity index is 902. The number of sulfonamides is 1. The SMILES string of the molecule is CCOC(=O)N1CCN(C(=O)CN(c2cc(C(F)(F)F)ccc2Cl)S(C)(=O)=O)CC1. The Morgan fingerprint density at radius 1 is 1.17 bits per heavy atom. The van der Waals surface area contributed by atoms with E-state index in [1.54, 1.807) is 6.92 Å². The van der Waals surface area contributed by atoms with Gasteiger partial charge in [-0.1, -0.05) is 11.6 Å². The first-order chi connectivity index (χ1) is 13.8. The molecule has 2 amide bonds. The number of benzene rings is 1. The highest BCUT2D eigenvalue weighted by atomic mass is 35.5. The van der Waals surface area contributed by atoms with E-state index in [1.165, 1.54) is 9.80 Å². The summed E-state index contributed by atoms with van der Waals surface area (Å²) in [4.78, 5) is 27.1. The third kappa shape index (κ3) is 5.91. The van der Waals surface area contributed by atoms with Gasteiger partial charge < -0.3 is 14.5 Å². The van der Waals surface area contributed by atoms with Crippen molar-refractivity contribution in [1.82, 2.24) is 9.80 Å². The van der Waals surface area contributed by atoms with Crippen LogP contribution in [0.25, 0.3) is 0 Å². The third-order valence-electron chi connectivity index (χ3n) is 4.38. The molecule has 0 spiro atoms. The van der Waals surface area contributed by atoms with Gasteiger partial charge in [0.1, 0.15) is 6.54 Å². The van der Waals surface area contributed by atoms with Gasteiger partial charge in [0.05, 0.1) is 29.1 Å². The summed E-state index contributed by atoms with van der Waals surface area (Å²) < 4.78 is 69.0. The first-order valence-corrected chi connectivity index (χ1v) is 11.1. The second kappa shape index (κ2) is 9.29. The fourth-order valence-electron chi connectivity index (χ4n) is 2.84. The molecule has 1 aromatic rings. The Morgan fingerprint density at radius 2 is 1.73 bits per heavy atom. The van der Waals surface area contributed by atoms with Gasteiger partial charge in [0.25, 0.3) is 0 Å². The summed E-state index contributed by atoms with van der Waals surface area (Å²) in [6, 6.07) is 2.25. The lowest BCUT2D eigenvalue weighted by molar-refractivity contribution is -0.137. The smallest absolute Gasteiger partial charge is 0.416 e. The zero-order valence-electron chi connectivity index (χ0n) is 16.3. The number of anilines is 1. The molecule has 13 heteroatoms. The number of rotatable bonds is 5. The summed E-state index contributed by atoms with van der Waals surface area (Å²) in [6.07, 6.45) is -4.45. The molecule has 0 bridgehead atoms. The molecule has 0 radical (unpaired) electrons. The molecular weight excluding hydrogens is 451 g/mol. The minimum atomic E-state index is -4.71. The number of carbonyl (C=O) groups is 2. The monoisotopic (exact) mass is 471 g/mol. The van der Waals surface area contributed by atoms with Gasteiger partial charge in [-0.15, -0.1) is 0 Å². The van der Waals surface area contributed by atoms with Crippen molar-refractivity contribution in [3.63, 3.8) is 0 Å². The number of alkyl halides is 3. The molecule has 0 saturated carbocycles. The largest absolute Gasteiger partial charge is 0.450 e. The Labute approximate surface area is 177 Å². The maximum absolute atomic E-state index is 13.0. The predicted molar refractivity (Wildman–Crippen MR) is 104 cm³/mol. The van der Waals surface area contributed by atoms with Crippen molar-refractivity contribution in [1.29, 1.82) is 0 Å². The maximum Gasteiger partial charge on any atom is 0.416 e. The molecule has 1 aliphatic heterocycles. The van der Waals surface area contributed by atoms with E-state index in [-0.39, 0.29) is 37.8 Å². The molecule has 0 atom stereocenters. The van der Waals surface area contributed by atoms with E-state index in [2.05, 4.69) is 0 Å². The van der Waals surface area contributed by atoms with Crippen LogP contribution in [-0.4, -0.2) is 75.8 Å². The highest BCUT2D eigenvalue weighted by Crippen LogP contribution is 2.36. The van der Waals surface area contributed by atoms with Gasteiger partial charge in [-0.25, -0.2) is 13.2 Å². The fourth-order valence-corrected chi connectivity index (χ4v) is 3.96. The van der Waals surface area contributed by atoms with Gasteiger partial charge in [0.15, 0.2) is 0 Å². The van der Waals surface area contributed by atoms with Gasteiger partial charge in [-0.3, -0.25) is 9.10 Å². The lowest BCUT2D eigenvalue weighted by Crippen LogP contribution is -2.53. The molecule has 0 aromatic heterocycles. The van der Waals surface area contributed by atoms with Crippen molar-refractivity contribution in [2.45, 2.75) is 13.1 Å². The normalized spacial score (nSPS) is 15.1. The van der Waals surface area contributed by atoms with E-state index >= 15 is 0 Å². The quantitative estimate of drug-likeness (QED) is 0.658. The molecule has 30 heavy (non-hydrogen) atoms. The van der Waals surface area contributed by atoms with Crippen LogP contribution in [0.2, 0.25) is 5.02 Å². The molecule has 8 nitrogen and oxygen atoms in total. The summed E-state index contributed by atoms with van der Waals surface area (Å²) in [7, 11) is -4.12. The van der Waals surface area contributed by atoms with Crippen LogP contribution in [0.5, 0.6) is 0 Å². The zero-order valence-corrected chi connectivity index (χ0v) is 17.9. The number of amides is 2. The standard InChI is InChI=1S/C17H21ClF3N3O5S/c1-3-29-16(26)23-8-6-22(7-9-23)15(25)11-24(30(2,27)28)14-10-12(17(19,20)21)4-5-13(14)18/h4-5,10H,3,6-9,11H2,1-2H3. The topological polar surface area (TPSA) is 87.2 Å². The number of ether oxygens (including phenoxy) is 1. The fraction of sp³-hybridized carbons (Fsp3) is 0.529. The molecule has 2 rings (SSSR count). The first-order valence-electron chi connectivity index (χ1n) is 8.88. The van der Waals surface area contributed by atoms with Gasteiger partial charge >= 0.3 is 12.3 Å². The lowest BCUT2D eigenvalue weighted by Gasteiger charge is -2.35. The minimum absolute atomic E-state index is 0.131. The van der Waals surface area contributed by atoms with Gasteiger partial charge in [-0.2, -0.15) is 13.2 Å². The molecule has 1 heterocycles. The Balaban J connectivity index is 2.19. The van der Waals surface area contributed by atoms with E-state index in [4.69, 9.17) is 16.3 Å². The number of carbonyl (C=O) groups excluding carboxylic acids is 2. The number of hydrogen-bond donors (Lipinski definition) is 0. The van der Waals surface area contributed by atoms with Crippen LogP contribution >= 0.6 is 11.6 Å². The van der Waals surface area contributed by atoms with Crippen molar-refractivity contribution >= 4 is 39.3 Å². The van der Waals surface area contributed by atoms with E-state index in [1.807, 2.05) is 0 Å². The summed E-state index contributed by atoms with van der Waals surface area (Å²) in [5.74, 6) is -0.627. The molecule has 1 aliphatic rings. The van der Waals surface area contributed by atoms with Crippen LogP contribution in [0.3, 0.4) is 0 Å². The van der Waals surface area contributed by atoms with E-state index in [0.717, 1.165) is 18.4 Å². The summed E-state index contributed by atoms with van der Waals surface area (Å²) in [5, 5.41) is -0.242. The summed E-state index contributed by atoms with van der Waals surface area (Å²) >= 11 is 5.94. The second-order valence-corrected chi connectivity index (χ2v) is 8.81. The summed E-state index contributed by atoms with van der Waals surface area (Å²) in [5.41, 5.74) is -1.53. The molecule has 1 aromatic carbocycles. The second-order valence-electron chi connectivity index (χ2n) is 6.50. The van der Waals surface area contributed by atoms with Crippen LogP contribution < -0.4 is 4.31 Å². The first kappa shape index (κ1) is 24.1. The Kier molecular flexibility index (Phi) is 7.45. The maximum atomic E-state index is 13.0. The Morgan fingerprint density at radius 3 is 2.23 bits per heavy atom. The molecular formula is C17H21ClF3N3O5S. The average Bonchev–Trinajstić information content (AvgIpc) is 2.65. The van der Waals surface area contributed by atoms with Crippen molar-refractivity contribution in [3.8, 4) is 0 Å². The average molecular weight is 472 g/mol. The van der Waals surface area contributed by atoms with Gasteiger partial charge in [0, 0.05) is 26.2 Å². The highest BCUT2D eigenvalue weighted by molar-refractivity contribution is 7.92. The van der Waals surface area contributed by atoms with Crippen molar-refractivity contribution in [2.24, 2.45) is 0 Å². The number of halogens is 4. The van der Waals surface area contributed by atoms with Crippen LogP contribution in [0, 0.1) is 0 Å². The molecule has 0 N–H and O–H groups in total. The van der Waals surface area contributed by atoms with Crippen molar-refractivity contribution < 1.29 is 35.9 Å². The van der Waals surface area contributed by atoms with Crippen LogP contribution in [0.15, 0.2) is 18.2 Å². The number of nitrogens with zero attached hydrogens (tertiary/aromatic N) is 3. The van der Waals surface area contributed by atoms with Crippen molar-refractivity contribution in [3.05, 3.63) is 28.8 Å². The van der Waals surface area contributed by atoms with Crippen LogP contribution in [-0.2, 0) is 25.7 Å². The molecule has 0 unspecified atom stereocenters. The van der Waals surface area contributed by atoms with E-state index in [0.29, 0.717) is 10.4 Å². The molecule has 1 saturated heterocycles. The number of hydrogen-bond acceptors (Lipinski definition) is 5. The van der Waals surface area contributed by atoms with E-state index in [9.17, 15) is 31.2 Å². The lowest BCUT2D eigenvalue weighted by atomic mass is 10.2. The molecule has 168 valence electrons. The highest BCUT2D eigenvalue weighted by Gasteiger charge is 2.34. The third-order valence-corrected chi connectivity index (χ3v) is 5.83. The van der Waals surface area contributed by atoms with Gasteiger partial charge in [0.2, 0.25) is 15.9 Å².